The second-order valence-corrected chi connectivity index (χ2v) is 10.3. The number of primary amides is 1. The zero-order valence-electron chi connectivity index (χ0n) is 19.2. The van der Waals surface area contributed by atoms with E-state index in [-0.39, 0.29) is 22.3 Å². The first-order valence-corrected chi connectivity index (χ1v) is 12.3. The number of nitrogens with zero attached hydrogens (tertiary/aromatic N) is 1. The average Bonchev–Trinajstić information content (AvgIpc) is 3.27. The third-order valence-electron chi connectivity index (χ3n) is 5.44. The normalized spacial score (nSPS) is 11.5. The Bertz CT molecular complexity index is 1370. The molecule has 3 rings (SSSR count). The Morgan fingerprint density at radius 2 is 1.82 bits per heavy atom. The number of nitrogens with one attached hydrogen (secondary N) is 1. The SMILES string of the molecule is CC(=O)OCc1c(C)cc(C)c(-c2csc(C(N)=O)c2S(=O)(=O)Nc2onc(C)c2C)c1C. The number of carbonyl (C=O) groups is 2. The highest BCUT2D eigenvalue weighted by Crippen LogP contribution is 2.41. The minimum Gasteiger partial charge on any atom is -0.461 e. The molecule has 0 atom stereocenters. The summed E-state index contributed by atoms with van der Waals surface area (Å²) < 4.78 is 39.6. The maximum absolute atomic E-state index is 13.5. The number of benzene rings is 1. The van der Waals surface area contributed by atoms with E-state index in [4.69, 9.17) is 15.0 Å². The molecule has 0 bridgehead atoms. The molecule has 176 valence electrons. The molecule has 0 unspecified atom stereocenters. The number of hydrogen-bond donors (Lipinski definition) is 2. The fourth-order valence-electron chi connectivity index (χ4n) is 3.68. The van der Waals surface area contributed by atoms with Gasteiger partial charge in [-0.25, -0.2) is 13.1 Å². The molecular formula is C22H25N3O6S2. The third-order valence-corrected chi connectivity index (χ3v) is 7.98. The highest BCUT2D eigenvalue weighted by molar-refractivity contribution is 7.93. The Labute approximate surface area is 196 Å². The largest absolute Gasteiger partial charge is 0.461 e. The molecule has 0 aliphatic heterocycles. The van der Waals surface area contributed by atoms with Crippen LogP contribution in [-0.4, -0.2) is 25.5 Å². The van der Waals surface area contributed by atoms with Gasteiger partial charge in [0.25, 0.3) is 15.9 Å². The predicted molar refractivity (Wildman–Crippen MR) is 125 cm³/mol. The number of thiophene rings is 1. The van der Waals surface area contributed by atoms with Gasteiger partial charge in [0.1, 0.15) is 16.4 Å². The molecule has 2 heterocycles. The molecule has 0 aliphatic rings. The fraction of sp³-hybridized carbons (Fsp3) is 0.318. The van der Waals surface area contributed by atoms with Crippen LogP contribution in [0.25, 0.3) is 11.1 Å². The fourth-order valence-corrected chi connectivity index (χ4v) is 6.36. The summed E-state index contributed by atoms with van der Waals surface area (Å²) in [6, 6.07) is 1.89. The van der Waals surface area contributed by atoms with Crippen LogP contribution in [0.2, 0.25) is 0 Å². The van der Waals surface area contributed by atoms with Crippen LogP contribution in [0.1, 0.15) is 50.1 Å². The summed E-state index contributed by atoms with van der Waals surface area (Å²) in [5, 5.41) is 5.36. The summed E-state index contributed by atoms with van der Waals surface area (Å²) >= 11 is 0.946. The van der Waals surface area contributed by atoms with E-state index in [9.17, 15) is 18.0 Å². The van der Waals surface area contributed by atoms with Gasteiger partial charge in [0.05, 0.1) is 5.69 Å². The number of sulfonamides is 1. The molecule has 0 spiro atoms. The monoisotopic (exact) mass is 491 g/mol. The van der Waals surface area contributed by atoms with Crippen LogP contribution >= 0.6 is 11.3 Å². The first-order chi connectivity index (χ1) is 15.3. The zero-order valence-corrected chi connectivity index (χ0v) is 20.8. The summed E-state index contributed by atoms with van der Waals surface area (Å²) in [5.74, 6) is -1.32. The lowest BCUT2D eigenvalue weighted by Crippen LogP contribution is -2.19. The van der Waals surface area contributed by atoms with Gasteiger partial charge < -0.3 is 15.0 Å². The van der Waals surface area contributed by atoms with Crippen molar-refractivity contribution >= 4 is 39.1 Å². The van der Waals surface area contributed by atoms with E-state index in [1.807, 2.05) is 26.8 Å². The van der Waals surface area contributed by atoms with E-state index in [1.54, 1.807) is 19.2 Å². The zero-order chi connectivity index (χ0) is 24.7. The van der Waals surface area contributed by atoms with Crippen molar-refractivity contribution in [1.82, 2.24) is 5.16 Å². The molecule has 33 heavy (non-hydrogen) atoms. The van der Waals surface area contributed by atoms with Gasteiger partial charge in [-0.3, -0.25) is 9.59 Å². The first kappa shape index (κ1) is 24.5. The summed E-state index contributed by atoms with van der Waals surface area (Å²) in [6.45, 7) is 10.3. The smallest absolute Gasteiger partial charge is 0.302 e. The van der Waals surface area contributed by atoms with Crippen molar-refractivity contribution < 1.29 is 27.3 Å². The molecule has 11 heteroatoms. The Balaban J connectivity index is 2.24. The number of rotatable bonds is 7. The lowest BCUT2D eigenvalue weighted by Gasteiger charge is -2.18. The number of amides is 1. The van der Waals surface area contributed by atoms with Gasteiger partial charge in [0, 0.05) is 23.4 Å². The molecule has 9 nitrogen and oxygen atoms in total. The molecule has 1 amide bonds. The number of esters is 1. The minimum absolute atomic E-state index is 0.0343. The summed E-state index contributed by atoms with van der Waals surface area (Å²) in [6.07, 6.45) is 0. The molecule has 0 aliphatic carbocycles. The lowest BCUT2D eigenvalue weighted by atomic mass is 9.90. The maximum atomic E-state index is 13.5. The molecule has 3 N–H and O–H groups in total. The molecule has 0 saturated carbocycles. The van der Waals surface area contributed by atoms with Crippen LogP contribution in [0.5, 0.6) is 0 Å². The summed E-state index contributed by atoms with van der Waals surface area (Å²) in [5.41, 5.74) is 10.7. The van der Waals surface area contributed by atoms with E-state index in [2.05, 4.69) is 9.88 Å². The van der Waals surface area contributed by atoms with E-state index in [0.29, 0.717) is 22.4 Å². The Kier molecular flexibility index (Phi) is 6.66. The molecule has 3 aromatic rings. The Hall–Kier alpha value is -3.18. The second kappa shape index (κ2) is 8.99. The number of anilines is 1. The van der Waals surface area contributed by atoms with Gasteiger partial charge in [0.2, 0.25) is 5.88 Å². The van der Waals surface area contributed by atoms with Gasteiger partial charge in [-0.15, -0.1) is 11.3 Å². The van der Waals surface area contributed by atoms with E-state index < -0.39 is 21.9 Å². The van der Waals surface area contributed by atoms with Crippen LogP contribution in [0, 0.1) is 34.6 Å². The number of ether oxygens (including phenoxy) is 1. The van der Waals surface area contributed by atoms with Crippen molar-refractivity contribution in [3.8, 4) is 11.1 Å². The molecule has 0 fully saturated rings. The van der Waals surface area contributed by atoms with Gasteiger partial charge in [-0.2, -0.15) is 0 Å². The van der Waals surface area contributed by atoms with Crippen molar-refractivity contribution in [2.24, 2.45) is 5.73 Å². The topological polar surface area (TPSA) is 142 Å². The molecule has 0 saturated heterocycles. The lowest BCUT2D eigenvalue weighted by molar-refractivity contribution is -0.142. The summed E-state index contributed by atoms with van der Waals surface area (Å²) in [7, 11) is -4.28. The van der Waals surface area contributed by atoms with Crippen LogP contribution in [0.15, 0.2) is 20.9 Å². The average molecular weight is 492 g/mol. The van der Waals surface area contributed by atoms with Crippen molar-refractivity contribution in [2.45, 2.75) is 53.0 Å². The van der Waals surface area contributed by atoms with E-state index >= 15 is 0 Å². The maximum Gasteiger partial charge on any atom is 0.302 e. The highest BCUT2D eigenvalue weighted by Gasteiger charge is 2.31. The standard InChI is InChI=1S/C22H25N3O6S2/c1-10-7-11(2)18(13(4)16(10)8-30-15(6)26)17-9-32-19(21(23)27)20(17)33(28,29)25-22-12(3)14(5)24-31-22/h7,9,25H,8H2,1-6H3,(H2,23,27). The quantitative estimate of drug-likeness (QED) is 0.477. The van der Waals surface area contributed by atoms with Crippen molar-refractivity contribution in [1.29, 1.82) is 0 Å². The van der Waals surface area contributed by atoms with Crippen molar-refractivity contribution in [2.75, 3.05) is 4.72 Å². The van der Waals surface area contributed by atoms with E-state index in [0.717, 1.165) is 33.6 Å². The number of hydrogen-bond acceptors (Lipinski definition) is 8. The van der Waals surface area contributed by atoms with Gasteiger partial charge >= 0.3 is 5.97 Å². The molecule has 1 aromatic carbocycles. The van der Waals surface area contributed by atoms with Gasteiger partial charge in [0.15, 0.2) is 0 Å². The van der Waals surface area contributed by atoms with Crippen LogP contribution in [0.4, 0.5) is 5.88 Å². The number of aryl methyl sites for hydroxylation is 3. The van der Waals surface area contributed by atoms with E-state index in [1.165, 1.54) is 6.92 Å². The van der Waals surface area contributed by atoms with Crippen LogP contribution in [-0.2, 0) is 26.2 Å². The number of nitrogens with two attached hydrogens (primary N) is 1. The highest BCUT2D eigenvalue weighted by atomic mass is 32.2. The number of carbonyl (C=O) groups excluding carboxylic acids is 2. The van der Waals surface area contributed by atoms with Crippen LogP contribution < -0.4 is 10.5 Å². The Morgan fingerprint density at radius 1 is 1.15 bits per heavy atom. The third kappa shape index (κ3) is 4.64. The van der Waals surface area contributed by atoms with Gasteiger partial charge in [-0.05, 0) is 62.4 Å². The molecule has 2 aromatic heterocycles. The summed E-state index contributed by atoms with van der Waals surface area (Å²) in [4.78, 5) is 23.2. The number of aromatic nitrogens is 1. The second-order valence-electron chi connectivity index (χ2n) is 7.77. The minimum atomic E-state index is -4.28. The Morgan fingerprint density at radius 3 is 2.36 bits per heavy atom. The van der Waals surface area contributed by atoms with Gasteiger partial charge in [-0.1, -0.05) is 11.2 Å². The van der Waals surface area contributed by atoms with Crippen molar-refractivity contribution in [3.05, 3.63) is 49.8 Å². The predicted octanol–water partition coefficient (Wildman–Crippen LogP) is 3.91. The molecular weight excluding hydrogens is 466 g/mol. The first-order valence-electron chi connectivity index (χ1n) is 9.95. The molecule has 0 radical (unpaired) electrons. The van der Waals surface area contributed by atoms with Crippen molar-refractivity contribution in [3.63, 3.8) is 0 Å². The van der Waals surface area contributed by atoms with Crippen LogP contribution in [0.3, 0.4) is 0 Å².